The van der Waals surface area contributed by atoms with Gasteiger partial charge in [0.2, 0.25) is 5.56 Å². The zero-order valence-corrected chi connectivity index (χ0v) is 9.36. The van der Waals surface area contributed by atoms with E-state index in [0.717, 1.165) is 0 Å². The van der Waals surface area contributed by atoms with Gasteiger partial charge in [0.1, 0.15) is 5.69 Å². The molecule has 16 heavy (non-hydrogen) atoms. The maximum atomic E-state index is 11.6. The summed E-state index contributed by atoms with van der Waals surface area (Å²) in [5.41, 5.74) is -0.0826. The molecule has 88 valence electrons. The molecule has 2 atom stereocenters. The Morgan fingerprint density at radius 2 is 2.19 bits per heavy atom. The van der Waals surface area contributed by atoms with Gasteiger partial charge in [-0.25, -0.2) is 0 Å². The summed E-state index contributed by atoms with van der Waals surface area (Å²) in [5, 5.41) is 11.8. The standard InChI is InChI=1S/C11H16N2O3/c1-7(6-8(2)14)12-11(16)9-4-3-5-10(15)13-9/h3-5,7-8,14H,6H2,1-2H3,(H,12,16)(H,13,15). The van der Waals surface area contributed by atoms with E-state index in [1.807, 2.05) is 0 Å². The molecule has 2 unspecified atom stereocenters. The summed E-state index contributed by atoms with van der Waals surface area (Å²) in [6, 6.07) is 4.26. The predicted molar refractivity (Wildman–Crippen MR) is 60.3 cm³/mol. The second-order valence-corrected chi connectivity index (χ2v) is 3.89. The molecule has 5 heteroatoms. The number of carbonyl (C=O) groups is 1. The summed E-state index contributed by atoms with van der Waals surface area (Å²) in [6.07, 6.45) is 0.00753. The third-order valence-electron chi connectivity index (χ3n) is 2.09. The van der Waals surface area contributed by atoms with Gasteiger partial charge in [-0.2, -0.15) is 0 Å². The fraction of sp³-hybridized carbons (Fsp3) is 0.455. The first-order chi connectivity index (χ1) is 7.49. The third-order valence-corrected chi connectivity index (χ3v) is 2.09. The number of carbonyl (C=O) groups excluding carboxylic acids is 1. The molecular formula is C11H16N2O3. The van der Waals surface area contributed by atoms with Crippen molar-refractivity contribution in [1.82, 2.24) is 10.3 Å². The van der Waals surface area contributed by atoms with Crippen molar-refractivity contribution < 1.29 is 9.90 Å². The molecule has 0 saturated heterocycles. The van der Waals surface area contributed by atoms with Crippen molar-refractivity contribution in [3.05, 3.63) is 34.2 Å². The summed E-state index contributed by atoms with van der Waals surface area (Å²) in [4.78, 5) is 25.0. The Morgan fingerprint density at radius 1 is 1.50 bits per heavy atom. The molecule has 5 nitrogen and oxygen atoms in total. The summed E-state index contributed by atoms with van der Waals surface area (Å²) >= 11 is 0. The smallest absolute Gasteiger partial charge is 0.268 e. The first-order valence-electron chi connectivity index (χ1n) is 5.17. The molecule has 1 amide bonds. The van der Waals surface area contributed by atoms with Crippen LogP contribution in [0.2, 0.25) is 0 Å². The van der Waals surface area contributed by atoms with Gasteiger partial charge in [-0.05, 0) is 26.3 Å². The Labute approximate surface area is 93.5 Å². The Bertz CT molecular complexity index is 412. The monoisotopic (exact) mass is 224 g/mol. The average Bonchev–Trinajstić information content (AvgIpc) is 2.16. The molecule has 0 bridgehead atoms. The van der Waals surface area contributed by atoms with Crippen LogP contribution in [0.25, 0.3) is 0 Å². The van der Waals surface area contributed by atoms with E-state index in [2.05, 4.69) is 10.3 Å². The molecule has 0 spiro atoms. The molecule has 0 saturated carbocycles. The lowest BCUT2D eigenvalue weighted by Crippen LogP contribution is -2.35. The van der Waals surface area contributed by atoms with Crippen LogP contribution in [0, 0.1) is 0 Å². The van der Waals surface area contributed by atoms with Crippen LogP contribution in [0.1, 0.15) is 30.8 Å². The first kappa shape index (κ1) is 12.4. The molecule has 3 N–H and O–H groups in total. The van der Waals surface area contributed by atoms with Crippen molar-refractivity contribution in [2.45, 2.75) is 32.4 Å². The number of amides is 1. The van der Waals surface area contributed by atoms with Crippen LogP contribution in [0.3, 0.4) is 0 Å². The lowest BCUT2D eigenvalue weighted by atomic mass is 10.1. The van der Waals surface area contributed by atoms with Crippen molar-refractivity contribution in [2.24, 2.45) is 0 Å². The Morgan fingerprint density at radius 3 is 2.75 bits per heavy atom. The van der Waals surface area contributed by atoms with Crippen molar-refractivity contribution in [2.75, 3.05) is 0 Å². The van der Waals surface area contributed by atoms with Crippen molar-refractivity contribution >= 4 is 5.91 Å². The fourth-order valence-electron chi connectivity index (χ4n) is 1.45. The summed E-state index contributed by atoms with van der Waals surface area (Å²) in [5.74, 6) is -0.342. The van der Waals surface area contributed by atoms with Gasteiger partial charge < -0.3 is 15.4 Å². The number of hydrogen-bond donors (Lipinski definition) is 3. The molecule has 0 radical (unpaired) electrons. The van der Waals surface area contributed by atoms with E-state index in [1.54, 1.807) is 13.8 Å². The highest BCUT2D eigenvalue weighted by Crippen LogP contribution is 1.98. The van der Waals surface area contributed by atoms with E-state index in [0.29, 0.717) is 6.42 Å². The minimum Gasteiger partial charge on any atom is -0.393 e. The summed E-state index contributed by atoms with van der Waals surface area (Å²) in [7, 11) is 0. The highest BCUT2D eigenvalue weighted by atomic mass is 16.3. The number of rotatable bonds is 4. The van der Waals surface area contributed by atoms with Crippen molar-refractivity contribution in [3.8, 4) is 0 Å². The number of aliphatic hydroxyl groups is 1. The zero-order valence-electron chi connectivity index (χ0n) is 9.36. The molecular weight excluding hydrogens is 208 g/mol. The van der Waals surface area contributed by atoms with E-state index in [4.69, 9.17) is 5.11 Å². The highest BCUT2D eigenvalue weighted by Gasteiger charge is 2.11. The molecule has 1 rings (SSSR count). The summed E-state index contributed by atoms with van der Waals surface area (Å²) < 4.78 is 0. The number of nitrogens with one attached hydrogen (secondary N) is 2. The van der Waals surface area contributed by atoms with E-state index in [-0.39, 0.29) is 23.2 Å². The second kappa shape index (κ2) is 5.46. The zero-order chi connectivity index (χ0) is 12.1. The van der Waals surface area contributed by atoms with Crippen LogP contribution in [-0.4, -0.2) is 28.1 Å². The van der Waals surface area contributed by atoms with E-state index >= 15 is 0 Å². The fourth-order valence-corrected chi connectivity index (χ4v) is 1.45. The number of aromatic amines is 1. The quantitative estimate of drug-likeness (QED) is 0.686. The predicted octanol–water partition coefficient (Wildman–Crippen LogP) is 0.264. The number of pyridine rings is 1. The number of aromatic nitrogens is 1. The largest absolute Gasteiger partial charge is 0.393 e. The number of hydrogen-bond acceptors (Lipinski definition) is 3. The molecule has 0 aliphatic carbocycles. The van der Waals surface area contributed by atoms with Gasteiger partial charge in [0, 0.05) is 12.1 Å². The second-order valence-electron chi connectivity index (χ2n) is 3.89. The van der Waals surface area contributed by atoms with Gasteiger partial charge in [-0.15, -0.1) is 0 Å². The van der Waals surface area contributed by atoms with Crippen molar-refractivity contribution in [3.63, 3.8) is 0 Å². The number of H-pyrrole nitrogens is 1. The Balaban J connectivity index is 2.62. The van der Waals surface area contributed by atoms with Gasteiger partial charge >= 0.3 is 0 Å². The Kier molecular flexibility index (Phi) is 4.25. The van der Waals surface area contributed by atoms with Crippen LogP contribution < -0.4 is 10.9 Å². The van der Waals surface area contributed by atoms with E-state index in [1.165, 1.54) is 18.2 Å². The maximum Gasteiger partial charge on any atom is 0.268 e. The molecule has 0 aromatic carbocycles. The van der Waals surface area contributed by atoms with Crippen LogP contribution >= 0.6 is 0 Å². The minimum absolute atomic E-state index is 0.142. The number of aliphatic hydroxyl groups excluding tert-OH is 1. The SMILES string of the molecule is CC(O)CC(C)NC(=O)c1cccc(=O)[nH]1. The van der Waals surface area contributed by atoms with Gasteiger partial charge in [0.25, 0.3) is 5.91 Å². The molecule has 1 heterocycles. The van der Waals surface area contributed by atoms with Crippen LogP contribution in [0.5, 0.6) is 0 Å². The molecule has 0 fully saturated rings. The summed E-state index contributed by atoms with van der Waals surface area (Å²) in [6.45, 7) is 3.46. The Hall–Kier alpha value is -1.62. The maximum absolute atomic E-state index is 11.6. The van der Waals surface area contributed by atoms with Gasteiger partial charge in [-0.1, -0.05) is 6.07 Å². The van der Waals surface area contributed by atoms with E-state index < -0.39 is 6.10 Å². The van der Waals surface area contributed by atoms with Gasteiger partial charge in [-0.3, -0.25) is 9.59 Å². The highest BCUT2D eigenvalue weighted by molar-refractivity contribution is 5.92. The molecule has 0 aliphatic rings. The van der Waals surface area contributed by atoms with Crippen molar-refractivity contribution in [1.29, 1.82) is 0 Å². The topological polar surface area (TPSA) is 82.2 Å². The van der Waals surface area contributed by atoms with Gasteiger partial charge in [0.15, 0.2) is 0 Å². The van der Waals surface area contributed by atoms with Crippen LogP contribution in [0.15, 0.2) is 23.0 Å². The van der Waals surface area contributed by atoms with Gasteiger partial charge in [0.05, 0.1) is 6.10 Å². The third kappa shape index (κ3) is 3.86. The van der Waals surface area contributed by atoms with Crippen LogP contribution in [0.4, 0.5) is 0 Å². The van der Waals surface area contributed by atoms with Crippen LogP contribution in [-0.2, 0) is 0 Å². The minimum atomic E-state index is -0.467. The average molecular weight is 224 g/mol. The molecule has 0 aliphatic heterocycles. The molecule has 1 aromatic rings. The lowest BCUT2D eigenvalue weighted by molar-refractivity contribution is 0.0917. The first-order valence-corrected chi connectivity index (χ1v) is 5.17. The normalized spacial score (nSPS) is 14.2. The van der Waals surface area contributed by atoms with E-state index in [9.17, 15) is 9.59 Å². The molecule has 1 aromatic heterocycles. The lowest BCUT2D eigenvalue weighted by Gasteiger charge is -2.15.